The second-order valence-electron chi connectivity index (χ2n) is 4.25. The summed E-state index contributed by atoms with van der Waals surface area (Å²) in [6, 6.07) is -0.228. The number of urea groups is 1. The lowest BCUT2D eigenvalue weighted by molar-refractivity contribution is -0.137. The van der Waals surface area contributed by atoms with Crippen molar-refractivity contribution in [3.8, 4) is 12.3 Å². The minimum atomic E-state index is -0.805. The molecule has 5 heteroatoms. The molecule has 0 aliphatic rings. The van der Waals surface area contributed by atoms with Gasteiger partial charge in [0.15, 0.2) is 0 Å². The van der Waals surface area contributed by atoms with Gasteiger partial charge in [-0.3, -0.25) is 4.79 Å². The van der Waals surface area contributed by atoms with E-state index in [9.17, 15) is 9.59 Å². The number of carboxylic acid groups (broad SMARTS) is 1. The van der Waals surface area contributed by atoms with E-state index in [1.165, 1.54) is 0 Å². The summed E-state index contributed by atoms with van der Waals surface area (Å²) in [5.74, 6) is 1.74. The van der Waals surface area contributed by atoms with Gasteiger partial charge in [0.1, 0.15) is 0 Å². The van der Waals surface area contributed by atoms with Crippen molar-refractivity contribution >= 4 is 12.0 Å². The molecule has 18 heavy (non-hydrogen) atoms. The first kappa shape index (κ1) is 16.3. The molecule has 0 radical (unpaired) electrons. The molecule has 5 nitrogen and oxygen atoms in total. The third kappa shape index (κ3) is 10.8. The molecule has 0 aromatic rings. The van der Waals surface area contributed by atoms with Crippen LogP contribution in [0.2, 0.25) is 0 Å². The summed E-state index contributed by atoms with van der Waals surface area (Å²) in [4.78, 5) is 21.7. The quantitative estimate of drug-likeness (QED) is 0.433. The number of terminal acetylenes is 1. The number of carbonyl (C=O) groups excluding carboxylic acids is 1. The van der Waals surface area contributed by atoms with E-state index in [1.54, 1.807) is 0 Å². The van der Waals surface area contributed by atoms with E-state index in [1.807, 2.05) is 6.92 Å². The van der Waals surface area contributed by atoms with E-state index >= 15 is 0 Å². The molecule has 0 aliphatic heterocycles. The lowest BCUT2D eigenvalue weighted by Crippen LogP contribution is -2.41. The molecule has 0 aliphatic carbocycles. The second-order valence-corrected chi connectivity index (χ2v) is 4.25. The van der Waals surface area contributed by atoms with Gasteiger partial charge in [0.05, 0.1) is 0 Å². The minimum absolute atomic E-state index is 0.0185. The zero-order valence-electron chi connectivity index (χ0n) is 10.9. The monoisotopic (exact) mass is 254 g/mol. The molecule has 1 unspecified atom stereocenters. The van der Waals surface area contributed by atoms with Gasteiger partial charge in [0.2, 0.25) is 0 Å². The average Bonchev–Trinajstić information content (AvgIpc) is 2.28. The Balaban J connectivity index is 3.49. The zero-order chi connectivity index (χ0) is 13.8. The number of hydrogen-bond donors (Lipinski definition) is 3. The van der Waals surface area contributed by atoms with Crippen molar-refractivity contribution in [2.75, 3.05) is 6.54 Å². The topological polar surface area (TPSA) is 78.4 Å². The molecular weight excluding hydrogens is 232 g/mol. The van der Waals surface area contributed by atoms with E-state index in [4.69, 9.17) is 11.5 Å². The highest BCUT2D eigenvalue weighted by Crippen LogP contribution is 2.00. The number of unbranched alkanes of at least 4 members (excludes halogenated alkanes) is 2. The number of nitrogens with one attached hydrogen (secondary N) is 2. The number of rotatable bonds is 9. The minimum Gasteiger partial charge on any atom is -0.481 e. The van der Waals surface area contributed by atoms with Crippen LogP contribution in [0, 0.1) is 12.3 Å². The first-order chi connectivity index (χ1) is 8.56. The summed E-state index contributed by atoms with van der Waals surface area (Å²) in [5, 5.41) is 14.0. The number of amides is 2. The lowest BCUT2D eigenvalue weighted by Gasteiger charge is -2.13. The van der Waals surface area contributed by atoms with Crippen LogP contribution in [-0.2, 0) is 4.79 Å². The van der Waals surface area contributed by atoms with Crippen molar-refractivity contribution < 1.29 is 14.7 Å². The van der Waals surface area contributed by atoms with Crippen molar-refractivity contribution in [3.05, 3.63) is 0 Å². The molecule has 0 aromatic carbocycles. The first-order valence-electron chi connectivity index (χ1n) is 6.26. The van der Waals surface area contributed by atoms with Crippen molar-refractivity contribution in [1.29, 1.82) is 0 Å². The van der Waals surface area contributed by atoms with Gasteiger partial charge in [0.25, 0.3) is 0 Å². The fourth-order valence-corrected chi connectivity index (χ4v) is 1.46. The summed E-state index contributed by atoms with van der Waals surface area (Å²) < 4.78 is 0. The van der Waals surface area contributed by atoms with E-state index < -0.39 is 5.97 Å². The number of carbonyl (C=O) groups is 2. The molecular formula is C13H22N2O3. The Kier molecular flexibility index (Phi) is 9.47. The molecule has 0 rings (SSSR count). The van der Waals surface area contributed by atoms with Crippen molar-refractivity contribution in [2.24, 2.45) is 0 Å². The normalized spacial score (nSPS) is 11.3. The molecule has 0 heterocycles. The maximum atomic E-state index is 11.4. The van der Waals surface area contributed by atoms with Crippen LogP contribution in [0.1, 0.15) is 45.4 Å². The predicted molar refractivity (Wildman–Crippen MR) is 70.2 cm³/mol. The Morgan fingerprint density at radius 1 is 1.33 bits per heavy atom. The Morgan fingerprint density at radius 2 is 2.06 bits per heavy atom. The Hall–Kier alpha value is -1.70. The molecule has 0 saturated carbocycles. The Labute approximate surface area is 108 Å². The van der Waals surface area contributed by atoms with Crippen LogP contribution in [0.5, 0.6) is 0 Å². The van der Waals surface area contributed by atoms with Crippen molar-refractivity contribution in [1.82, 2.24) is 10.6 Å². The van der Waals surface area contributed by atoms with Crippen molar-refractivity contribution in [3.63, 3.8) is 0 Å². The Morgan fingerprint density at radius 3 is 2.67 bits per heavy atom. The summed E-state index contributed by atoms with van der Waals surface area (Å²) in [6.45, 7) is 2.47. The third-order valence-electron chi connectivity index (χ3n) is 2.44. The molecule has 0 aromatic heterocycles. The highest BCUT2D eigenvalue weighted by molar-refractivity contribution is 5.74. The fourth-order valence-electron chi connectivity index (χ4n) is 1.46. The molecule has 0 bridgehead atoms. The number of aliphatic carboxylic acids is 1. The van der Waals surface area contributed by atoms with Gasteiger partial charge in [-0.2, -0.15) is 0 Å². The van der Waals surface area contributed by atoms with Gasteiger partial charge in [-0.1, -0.05) is 0 Å². The summed E-state index contributed by atoms with van der Waals surface area (Å²) in [7, 11) is 0. The average molecular weight is 254 g/mol. The van der Waals surface area contributed by atoms with Crippen LogP contribution in [0.15, 0.2) is 0 Å². The molecule has 3 N–H and O–H groups in total. The standard InChI is InChI=1S/C13H22N2O3/c1-3-4-5-6-10-14-13(18)15-11(2)8-7-9-12(16)17/h1,11H,4-10H2,2H3,(H,16,17)(H2,14,15,18). The van der Waals surface area contributed by atoms with Gasteiger partial charge >= 0.3 is 12.0 Å². The largest absolute Gasteiger partial charge is 0.481 e. The predicted octanol–water partition coefficient (Wildman–Crippen LogP) is 1.73. The SMILES string of the molecule is C#CCCCCNC(=O)NC(C)CCCC(=O)O. The van der Waals surface area contributed by atoms with Crippen LogP contribution in [0.25, 0.3) is 0 Å². The first-order valence-corrected chi connectivity index (χ1v) is 6.26. The van der Waals surface area contributed by atoms with Crippen LogP contribution >= 0.6 is 0 Å². The van der Waals surface area contributed by atoms with E-state index in [0.29, 0.717) is 19.4 Å². The van der Waals surface area contributed by atoms with Gasteiger partial charge in [-0.05, 0) is 32.6 Å². The smallest absolute Gasteiger partial charge is 0.314 e. The third-order valence-corrected chi connectivity index (χ3v) is 2.44. The van der Waals surface area contributed by atoms with E-state index in [-0.39, 0.29) is 18.5 Å². The molecule has 0 fully saturated rings. The lowest BCUT2D eigenvalue weighted by atomic mass is 10.1. The molecule has 2 amide bonds. The van der Waals surface area contributed by atoms with Gasteiger partial charge in [-0.25, -0.2) is 4.79 Å². The summed E-state index contributed by atoms with van der Waals surface area (Å²) >= 11 is 0. The number of hydrogen-bond acceptors (Lipinski definition) is 2. The van der Waals surface area contributed by atoms with Gasteiger partial charge < -0.3 is 15.7 Å². The summed E-state index contributed by atoms with van der Waals surface area (Å²) in [6.07, 6.45) is 8.99. The molecule has 0 spiro atoms. The highest BCUT2D eigenvalue weighted by atomic mass is 16.4. The summed E-state index contributed by atoms with van der Waals surface area (Å²) in [5.41, 5.74) is 0. The van der Waals surface area contributed by atoms with Crippen molar-refractivity contribution in [2.45, 2.75) is 51.5 Å². The van der Waals surface area contributed by atoms with E-state index in [2.05, 4.69) is 16.6 Å². The van der Waals surface area contributed by atoms with Crippen LogP contribution in [0.4, 0.5) is 4.79 Å². The maximum Gasteiger partial charge on any atom is 0.314 e. The van der Waals surface area contributed by atoms with E-state index in [0.717, 1.165) is 19.3 Å². The van der Waals surface area contributed by atoms with Crippen LogP contribution in [0.3, 0.4) is 0 Å². The Bertz CT molecular complexity index is 297. The van der Waals surface area contributed by atoms with Gasteiger partial charge in [0, 0.05) is 25.4 Å². The fraction of sp³-hybridized carbons (Fsp3) is 0.692. The maximum absolute atomic E-state index is 11.4. The zero-order valence-corrected chi connectivity index (χ0v) is 10.9. The van der Waals surface area contributed by atoms with Gasteiger partial charge in [-0.15, -0.1) is 12.3 Å². The van der Waals surface area contributed by atoms with Crippen LogP contribution < -0.4 is 10.6 Å². The highest BCUT2D eigenvalue weighted by Gasteiger charge is 2.07. The van der Waals surface area contributed by atoms with Crippen LogP contribution in [-0.4, -0.2) is 29.7 Å². The second kappa shape index (κ2) is 10.5. The molecule has 102 valence electrons. The molecule has 0 saturated heterocycles. The molecule has 1 atom stereocenters. The number of carboxylic acids is 1.